The first-order chi connectivity index (χ1) is 8.16. The molecule has 1 aromatic carbocycles. The van der Waals surface area contributed by atoms with Crippen molar-refractivity contribution in [1.82, 2.24) is 4.90 Å². The number of benzene rings is 1. The van der Waals surface area contributed by atoms with Gasteiger partial charge in [0, 0.05) is 19.5 Å². The molecule has 0 aliphatic carbocycles. The van der Waals surface area contributed by atoms with Crippen molar-refractivity contribution in [2.45, 2.75) is 19.1 Å². The second-order valence-electron chi connectivity index (χ2n) is 3.91. The van der Waals surface area contributed by atoms with Crippen LogP contribution in [0.1, 0.15) is 12.0 Å². The largest absolute Gasteiger partial charge is 0.479 e. The highest BCUT2D eigenvalue weighted by molar-refractivity contribution is 5.78. The van der Waals surface area contributed by atoms with Crippen molar-refractivity contribution in [3.8, 4) is 0 Å². The van der Waals surface area contributed by atoms with E-state index in [4.69, 9.17) is 9.84 Å². The monoisotopic (exact) mass is 235 g/mol. The average molecular weight is 235 g/mol. The molecule has 1 atom stereocenters. The van der Waals surface area contributed by atoms with Crippen molar-refractivity contribution < 1.29 is 19.4 Å². The van der Waals surface area contributed by atoms with E-state index < -0.39 is 18.2 Å². The third-order valence-corrected chi connectivity index (χ3v) is 2.65. The highest BCUT2D eigenvalue weighted by Crippen LogP contribution is 2.15. The lowest BCUT2D eigenvalue weighted by Crippen LogP contribution is -2.44. The molecule has 2 rings (SSSR count). The zero-order chi connectivity index (χ0) is 12.3. The van der Waals surface area contributed by atoms with Crippen LogP contribution >= 0.6 is 0 Å². The lowest BCUT2D eigenvalue weighted by molar-refractivity contribution is -0.149. The van der Waals surface area contributed by atoms with Crippen LogP contribution in [0, 0.1) is 0 Å². The van der Waals surface area contributed by atoms with Gasteiger partial charge >= 0.3 is 12.1 Å². The molecule has 1 saturated heterocycles. The van der Waals surface area contributed by atoms with Crippen molar-refractivity contribution in [2.24, 2.45) is 0 Å². The van der Waals surface area contributed by atoms with Crippen molar-refractivity contribution in [1.29, 1.82) is 0 Å². The summed E-state index contributed by atoms with van der Waals surface area (Å²) in [5, 5.41) is 8.74. The Morgan fingerprint density at radius 3 is 2.71 bits per heavy atom. The molecule has 0 bridgehead atoms. The summed E-state index contributed by atoms with van der Waals surface area (Å²) < 4.78 is 4.82. The number of hydrogen-bond donors (Lipinski definition) is 1. The van der Waals surface area contributed by atoms with Crippen molar-refractivity contribution in [2.75, 3.05) is 6.54 Å². The number of amides is 1. The molecule has 1 aliphatic heterocycles. The Hall–Kier alpha value is -2.04. The van der Waals surface area contributed by atoms with Crippen LogP contribution in [0.25, 0.3) is 0 Å². The van der Waals surface area contributed by atoms with E-state index in [0.29, 0.717) is 19.5 Å². The number of rotatable bonds is 3. The van der Waals surface area contributed by atoms with Crippen molar-refractivity contribution in [3.05, 3.63) is 35.9 Å². The SMILES string of the molecule is O=C(O)C1CCN(Cc2ccccc2)C(=O)O1. The van der Waals surface area contributed by atoms with Crippen molar-refractivity contribution in [3.63, 3.8) is 0 Å². The molecule has 5 nitrogen and oxygen atoms in total. The van der Waals surface area contributed by atoms with Crippen LogP contribution in [0.4, 0.5) is 4.79 Å². The fraction of sp³-hybridized carbons (Fsp3) is 0.333. The minimum atomic E-state index is -1.09. The molecule has 1 amide bonds. The van der Waals surface area contributed by atoms with E-state index in [9.17, 15) is 9.59 Å². The van der Waals surface area contributed by atoms with Crippen LogP contribution in [-0.4, -0.2) is 34.7 Å². The molecular formula is C12H13NO4. The van der Waals surface area contributed by atoms with Gasteiger partial charge in [-0.1, -0.05) is 30.3 Å². The molecule has 1 heterocycles. The van der Waals surface area contributed by atoms with Gasteiger partial charge in [-0.05, 0) is 5.56 Å². The van der Waals surface area contributed by atoms with Gasteiger partial charge in [-0.25, -0.2) is 9.59 Å². The fourth-order valence-electron chi connectivity index (χ4n) is 1.74. The highest BCUT2D eigenvalue weighted by Gasteiger charge is 2.31. The maximum Gasteiger partial charge on any atom is 0.410 e. The summed E-state index contributed by atoms with van der Waals surface area (Å²) >= 11 is 0. The normalized spacial score (nSPS) is 19.9. The smallest absolute Gasteiger partial charge is 0.410 e. The molecule has 1 aromatic rings. The van der Waals surface area contributed by atoms with Crippen molar-refractivity contribution >= 4 is 12.1 Å². The number of carboxylic acids is 1. The molecule has 0 saturated carbocycles. The second kappa shape index (κ2) is 4.86. The Morgan fingerprint density at radius 1 is 1.41 bits per heavy atom. The van der Waals surface area contributed by atoms with E-state index >= 15 is 0 Å². The van der Waals surface area contributed by atoms with Gasteiger partial charge < -0.3 is 14.7 Å². The van der Waals surface area contributed by atoms with Gasteiger partial charge in [-0.3, -0.25) is 0 Å². The zero-order valence-electron chi connectivity index (χ0n) is 9.20. The molecule has 5 heteroatoms. The molecule has 1 aliphatic rings. The van der Waals surface area contributed by atoms with Crippen LogP contribution in [0.2, 0.25) is 0 Å². The number of cyclic esters (lactones) is 1. The first kappa shape index (κ1) is 11.4. The number of hydrogen-bond acceptors (Lipinski definition) is 3. The van der Waals surface area contributed by atoms with Crippen LogP contribution in [0.15, 0.2) is 30.3 Å². The van der Waals surface area contributed by atoms with Gasteiger partial charge in [0.2, 0.25) is 6.10 Å². The van der Waals surface area contributed by atoms with E-state index in [-0.39, 0.29) is 0 Å². The third kappa shape index (κ3) is 2.75. The summed E-state index contributed by atoms with van der Waals surface area (Å²) in [6.45, 7) is 0.858. The minimum Gasteiger partial charge on any atom is -0.479 e. The summed E-state index contributed by atoms with van der Waals surface area (Å²) in [6, 6.07) is 9.51. The summed E-state index contributed by atoms with van der Waals surface area (Å²) in [4.78, 5) is 23.7. The Bertz CT molecular complexity index is 418. The van der Waals surface area contributed by atoms with Crippen LogP contribution in [0.3, 0.4) is 0 Å². The average Bonchev–Trinajstić information content (AvgIpc) is 2.33. The van der Waals surface area contributed by atoms with Gasteiger partial charge in [0.15, 0.2) is 0 Å². The topological polar surface area (TPSA) is 66.8 Å². The predicted molar refractivity (Wildman–Crippen MR) is 59.4 cm³/mol. The Labute approximate surface area is 98.6 Å². The molecule has 17 heavy (non-hydrogen) atoms. The number of carboxylic acid groups (broad SMARTS) is 1. The fourth-order valence-corrected chi connectivity index (χ4v) is 1.74. The first-order valence-electron chi connectivity index (χ1n) is 5.39. The Balaban J connectivity index is 1.96. The van der Waals surface area contributed by atoms with Crippen LogP contribution in [-0.2, 0) is 16.1 Å². The molecule has 0 radical (unpaired) electrons. The van der Waals surface area contributed by atoms with Crippen LogP contribution in [0.5, 0.6) is 0 Å². The standard InChI is InChI=1S/C12H13NO4/c14-11(15)10-6-7-13(12(16)17-10)8-9-4-2-1-3-5-9/h1-5,10H,6-8H2,(H,14,15). The number of aliphatic carboxylic acids is 1. The summed E-state index contributed by atoms with van der Waals surface area (Å²) in [6.07, 6.45) is -1.24. The van der Waals surface area contributed by atoms with Gasteiger partial charge in [-0.15, -0.1) is 0 Å². The maximum atomic E-state index is 11.6. The van der Waals surface area contributed by atoms with Gasteiger partial charge in [0.1, 0.15) is 0 Å². The molecule has 90 valence electrons. The van der Waals surface area contributed by atoms with Crippen LogP contribution < -0.4 is 0 Å². The maximum absolute atomic E-state index is 11.6. The van der Waals surface area contributed by atoms with E-state index in [1.165, 1.54) is 4.90 Å². The second-order valence-corrected chi connectivity index (χ2v) is 3.91. The van der Waals surface area contributed by atoms with E-state index in [1.807, 2.05) is 30.3 Å². The van der Waals surface area contributed by atoms with Gasteiger partial charge in [0.05, 0.1) is 0 Å². The summed E-state index contributed by atoms with van der Waals surface area (Å²) in [5.41, 5.74) is 0.998. The molecule has 0 spiro atoms. The van der Waals surface area contributed by atoms with E-state index in [2.05, 4.69) is 0 Å². The first-order valence-corrected chi connectivity index (χ1v) is 5.39. The minimum absolute atomic E-state index is 0.327. The van der Waals surface area contributed by atoms with Gasteiger partial charge in [0.25, 0.3) is 0 Å². The number of ether oxygens (including phenoxy) is 1. The Kier molecular flexibility index (Phi) is 3.27. The predicted octanol–water partition coefficient (Wildman–Crippen LogP) is 1.48. The molecule has 1 unspecified atom stereocenters. The lowest BCUT2D eigenvalue weighted by Gasteiger charge is -2.29. The van der Waals surface area contributed by atoms with E-state index in [0.717, 1.165) is 5.56 Å². The number of carbonyl (C=O) groups is 2. The number of carbonyl (C=O) groups excluding carboxylic acids is 1. The Morgan fingerprint density at radius 2 is 2.12 bits per heavy atom. The molecule has 1 fully saturated rings. The number of nitrogens with zero attached hydrogens (tertiary/aromatic N) is 1. The highest BCUT2D eigenvalue weighted by atomic mass is 16.6. The van der Waals surface area contributed by atoms with Gasteiger partial charge in [-0.2, -0.15) is 0 Å². The quantitative estimate of drug-likeness (QED) is 0.861. The summed E-state index contributed by atoms with van der Waals surface area (Å²) in [7, 11) is 0. The zero-order valence-corrected chi connectivity index (χ0v) is 9.20. The molecule has 0 aromatic heterocycles. The summed E-state index contributed by atoms with van der Waals surface area (Å²) in [5.74, 6) is -1.09. The molecule has 1 N–H and O–H groups in total. The lowest BCUT2D eigenvalue weighted by atomic mass is 10.2. The van der Waals surface area contributed by atoms with E-state index in [1.54, 1.807) is 0 Å². The third-order valence-electron chi connectivity index (χ3n) is 2.65. The molecular weight excluding hydrogens is 222 g/mol.